The molecule has 0 radical (unpaired) electrons. The number of hydrogen-bond acceptors (Lipinski definition) is 4. The molecule has 104 valence electrons. The number of imidazole rings is 1. The molecule has 19 heavy (non-hydrogen) atoms. The minimum absolute atomic E-state index is 0.285. The molecule has 2 heterocycles. The predicted octanol–water partition coefficient (Wildman–Crippen LogP) is 1.11. The zero-order valence-corrected chi connectivity index (χ0v) is 11.0. The summed E-state index contributed by atoms with van der Waals surface area (Å²) in [6.45, 7) is 4.52. The summed E-state index contributed by atoms with van der Waals surface area (Å²) in [7, 11) is 0. The second-order valence-corrected chi connectivity index (χ2v) is 4.48. The number of carbonyl (C=O) groups is 2. The van der Waals surface area contributed by atoms with Crippen LogP contribution in [0.25, 0.3) is 0 Å². The van der Waals surface area contributed by atoms with Crippen LogP contribution < -0.4 is 0 Å². The maximum Gasteiger partial charge on any atom is 0.407 e. The summed E-state index contributed by atoms with van der Waals surface area (Å²) < 4.78 is 4.95. The maximum absolute atomic E-state index is 11.6. The van der Waals surface area contributed by atoms with Crippen molar-refractivity contribution in [2.75, 3.05) is 13.2 Å². The summed E-state index contributed by atoms with van der Waals surface area (Å²) in [5.74, 6) is -0.261. The van der Waals surface area contributed by atoms with Crippen LogP contribution in [0.3, 0.4) is 0 Å². The Morgan fingerprint density at radius 1 is 1.58 bits per heavy atom. The summed E-state index contributed by atoms with van der Waals surface area (Å²) >= 11 is 0. The smallest absolute Gasteiger partial charge is 0.407 e. The van der Waals surface area contributed by atoms with E-state index in [0.717, 1.165) is 11.4 Å². The van der Waals surface area contributed by atoms with Crippen LogP contribution in [0.1, 0.15) is 37.0 Å². The van der Waals surface area contributed by atoms with Gasteiger partial charge in [-0.15, -0.1) is 0 Å². The number of nitrogens with one attached hydrogen (secondary N) is 1. The summed E-state index contributed by atoms with van der Waals surface area (Å²) in [6, 6.07) is 0. The minimum Gasteiger partial charge on any atom is -0.465 e. The summed E-state index contributed by atoms with van der Waals surface area (Å²) in [4.78, 5) is 31.3. The molecule has 0 aromatic carbocycles. The van der Waals surface area contributed by atoms with Gasteiger partial charge in [0.15, 0.2) is 0 Å². The Hall–Kier alpha value is -2.05. The average Bonchev–Trinajstić information content (AvgIpc) is 2.80. The van der Waals surface area contributed by atoms with Gasteiger partial charge in [0.1, 0.15) is 11.7 Å². The molecule has 1 aromatic rings. The van der Waals surface area contributed by atoms with E-state index < -0.39 is 12.0 Å². The van der Waals surface area contributed by atoms with Crippen LogP contribution in [0.15, 0.2) is 0 Å². The second-order valence-electron chi connectivity index (χ2n) is 4.48. The van der Waals surface area contributed by atoms with E-state index in [9.17, 15) is 9.59 Å². The lowest BCUT2D eigenvalue weighted by molar-refractivity contribution is -0.144. The summed E-state index contributed by atoms with van der Waals surface area (Å²) in [5.41, 5.74) is 1.60. The maximum atomic E-state index is 11.6. The Balaban J connectivity index is 2.15. The first-order chi connectivity index (χ1) is 9.02. The number of nitrogens with zero attached hydrogens (tertiary/aromatic N) is 2. The molecule has 1 aliphatic rings. The lowest BCUT2D eigenvalue weighted by atomic mass is 10.1. The number of H-pyrrole nitrogens is 1. The number of aromatic amines is 1. The van der Waals surface area contributed by atoms with Crippen molar-refractivity contribution in [3.63, 3.8) is 0 Å². The van der Waals surface area contributed by atoms with Crippen LogP contribution in [0.5, 0.6) is 0 Å². The molecule has 0 fully saturated rings. The van der Waals surface area contributed by atoms with Gasteiger partial charge in [-0.2, -0.15) is 0 Å². The standard InChI is InChI=1S/C12H17N3O4/c1-3-19-11(16)7(2)10-13-8-4-5-15(12(17)18)6-9(8)14-10/h7H,3-6H2,1-2H3,(H,13,14)(H,17,18). The molecule has 1 aromatic heterocycles. The Labute approximate surface area is 110 Å². The van der Waals surface area contributed by atoms with E-state index in [1.165, 1.54) is 4.90 Å². The highest BCUT2D eigenvalue weighted by atomic mass is 16.5. The fraction of sp³-hybridized carbons (Fsp3) is 0.583. The largest absolute Gasteiger partial charge is 0.465 e. The van der Waals surface area contributed by atoms with E-state index in [1.807, 2.05) is 0 Å². The molecule has 2 rings (SSSR count). The number of carbonyl (C=O) groups excluding carboxylic acids is 1. The van der Waals surface area contributed by atoms with Gasteiger partial charge in [0, 0.05) is 13.0 Å². The zero-order chi connectivity index (χ0) is 14.0. The number of esters is 1. The van der Waals surface area contributed by atoms with Crippen molar-refractivity contribution >= 4 is 12.1 Å². The predicted molar refractivity (Wildman–Crippen MR) is 65.8 cm³/mol. The molecule has 1 atom stereocenters. The second kappa shape index (κ2) is 5.29. The SMILES string of the molecule is CCOC(=O)C(C)c1nc2c([nH]1)CN(C(=O)O)CC2. The van der Waals surface area contributed by atoms with Crippen LogP contribution in [-0.4, -0.2) is 45.2 Å². The third-order valence-corrected chi connectivity index (χ3v) is 3.17. The van der Waals surface area contributed by atoms with Crippen molar-refractivity contribution in [3.05, 3.63) is 17.2 Å². The quantitative estimate of drug-likeness (QED) is 0.800. The first-order valence-electron chi connectivity index (χ1n) is 6.25. The van der Waals surface area contributed by atoms with Gasteiger partial charge in [0.25, 0.3) is 0 Å². The van der Waals surface area contributed by atoms with Crippen molar-refractivity contribution in [1.29, 1.82) is 0 Å². The van der Waals surface area contributed by atoms with E-state index in [4.69, 9.17) is 9.84 Å². The molecule has 0 spiro atoms. The lowest BCUT2D eigenvalue weighted by Gasteiger charge is -2.22. The Kier molecular flexibility index (Phi) is 3.73. The van der Waals surface area contributed by atoms with Gasteiger partial charge in [0.05, 0.1) is 24.5 Å². The normalized spacial score (nSPS) is 15.8. The van der Waals surface area contributed by atoms with Crippen LogP contribution in [-0.2, 0) is 22.5 Å². The van der Waals surface area contributed by atoms with Crippen LogP contribution in [0.2, 0.25) is 0 Å². The molecule has 1 aliphatic heterocycles. The fourth-order valence-corrected chi connectivity index (χ4v) is 2.06. The Morgan fingerprint density at radius 2 is 2.32 bits per heavy atom. The van der Waals surface area contributed by atoms with E-state index in [-0.39, 0.29) is 12.5 Å². The first kappa shape index (κ1) is 13.4. The van der Waals surface area contributed by atoms with E-state index in [0.29, 0.717) is 25.4 Å². The molecule has 1 unspecified atom stereocenters. The molecular weight excluding hydrogens is 250 g/mol. The average molecular weight is 267 g/mol. The van der Waals surface area contributed by atoms with Gasteiger partial charge < -0.3 is 19.7 Å². The molecule has 0 bridgehead atoms. The number of amides is 1. The van der Waals surface area contributed by atoms with Crippen molar-refractivity contribution in [2.45, 2.75) is 32.7 Å². The van der Waals surface area contributed by atoms with Crippen LogP contribution >= 0.6 is 0 Å². The minimum atomic E-state index is -0.944. The van der Waals surface area contributed by atoms with E-state index in [1.54, 1.807) is 13.8 Å². The Morgan fingerprint density at radius 3 is 2.95 bits per heavy atom. The topological polar surface area (TPSA) is 95.5 Å². The number of carboxylic acid groups (broad SMARTS) is 1. The van der Waals surface area contributed by atoms with Gasteiger partial charge in [-0.1, -0.05) is 0 Å². The molecule has 0 saturated carbocycles. The van der Waals surface area contributed by atoms with Crippen LogP contribution in [0.4, 0.5) is 4.79 Å². The van der Waals surface area contributed by atoms with Gasteiger partial charge in [-0.05, 0) is 13.8 Å². The van der Waals surface area contributed by atoms with E-state index in [2.05, 4.69) is 9.97 Å². The van der Waals surface area contributed by atoms with Gasteiger partial charge in [-0.25, -0.2) is 9.78 Å². The number of fused-ring (bicyclic) bond motifs is 1. The molecule has 0 saturated heterocycles. The molecular formula is C12H17N3O4. The number of hydrogen-bond donors (Lipinski definition) is 2. The molecule has 2 N–H and O–H groups in total. The highest BCUT2D eigenvalue weighted by Crippen LogP contribution is 2.21. The van der Waals surface area contributed by atoms with Gasteiger partial charge >= 0.3 is 12.1 Å². The summed E-state index contributed by atoms with van der Waals surface area (Å²) in [6.07, 6.45) is -0.381. The first-order valence-corrected chi connectivity index (χ1v) is 6.25. The highest BCUT2D eigenvalue weighted by Gasteiger charge is 2.26. The molecule has 7 heteroatoms. The Bertz CT molecular complexity index is 497. The van der Waals surface area contributed by atoms with Crippen molar-refractivity contribution in [3.8, 4) is 0 Å². The molecule has 7 nitrogen and oxygen atoms in total. The van der Waals surface area contributed by atoms with Crippen molar-refractivity contribution < 1.29 is 19.4 Å². The van der Waals surface area contributed by atoms with Crippen molar-refractivity contribution in [1.82, 2.24) is 14.9 Å². The third-order valence-electron chi connectivity index (χ3n) is 3.17. The van der Waals surface area contributed by atoms with Crippen molar-refractivity contribution in [2.24, 2.45) is 0 Å². The number of rotatable bonds is 3. The highest BCUT2D eigenvalue weighted by molar-refractivity contribution is 5.76. The summed E-state index contributed by atoms with van der Waals surface area (Å²) in [5, 5.41) is 8.96. The van der Waals surface area contributed by atoms with E-state index >= 15 is 0 Å². The lowest BCUT2D eigenvalue weighted by Crippen LogP contribution is -2.34. The fourth-order valence-electron chi connectivity index (χ4n) is 2.06. The zero-order valence-electron chi connectivity index (χ0n) is 11.0. The van der Waals surface area contributed by atoms with Gasteiger partial charge in [0.2, 0.25) is 0 Å². The van der Waals surface area contributed by atoms with Crippen LogP contribution in [0, 0.1) is 0 Å². The monoisotopic (exact) mass is 267 g/mol. The molecule has 1 amide bonds. The number of aromatic nitrogens is 2. The van der Waals surface area contributed by atoms with Gasteiger partial charge in [-0.3, -0.25) is 4.79 Å². The number of ether oxygens (including phenoxy) is 1. The molecule has 0 aliphatic carbocycles. The third kappa shape index (κ3) is 2.69.